The number of hydrogen-bond acceptors (Lipinski definition) is 4. The van der Waals surface area contributed by atoms with Gasteiger partial charge in [0.25, 0.3) is 11.5 Å². The van der Waals surface area contributed by atoms with E-state index in [1.807, 2.05) is 37.8 Å². The molecule has 2 aliphatic rings. The molecule has 2 amide bonds. The lowest BCUT2D eigenvalue weighted by atomic mass is 9.75. The highest BCUT2D eigenvalue weighted by Crippen LogP contribution is 2.47. The van der Waals surface area contributed by atoms with Crippen molar-refractivity contribution in [3.8, 4) is 0 Å². The number of benzene rings is 1. The fraction of sp³-hybridized carbons (Fsp3) is 0.500. The van der Waals surface area contributed by atoms with E-state index in [2.05, 4.69) is 36.3 Å². The van der Waals surface area contributed by atoms with Gasteiger partial charge in [-0.05, 0) is 86.4 Å². The summed E-state index contributed by atoms with van der Waals surface area (Å²) in [5.41, 5.74) is 2.76. The standard InChI is InChI=1S/C32H41FN4O3/c1-7-31(4,5)26-12-13-27(32(6)14-8-9-25(33)18-32)37(26)28(38)19-34-29(39)23-11-10-22(20(2)15-23)17-24-16-21(3)35-36-30(24)40/h8-11,15-16,18,26-27H,7,12-14,17,19H2,1-6H3,(H,34,39)(H,36,40)/t26-,27+,32?/m1/s1. The van der Waals surface area contributed by atoms with Crippen molar-refractivity contribution in [3.63, 3.8) is 0 Å². The zero-order valence-corrected chi connectivity index (χ0v) is 24.4. The number of hydrogen-bond donors (Lipinski definition) is 2. The lowest BCUT2D eigenvalue weighted by molar-refractivity contribution is -0.137. The predicted molar refractivity (Wildman–Crippen MR) is 155 cm³/mol. The first-order valence-electron chi connectivity index (χ1n) is 14.1. The van der Waals surface area contributed by atoms with E-state index in [0.29, 0.717) is 24.0 Å². The molecule has 2 aromatic rings. The van der Waals surface area contributed by atoms with Crippen LogP contribution >= 0.6 is 0 Å². The van der Waals surface area contributed by atoms with Gasteiger partial charge in [-0.25, -0.2) is 9.49 Å². The Balaban J connectivity index is 1.49. The number of nitrogens with zero attached hydrogens (tertiary/aromatic N) is 2. The highest BCUT2D eigenvalue weighted by atomic mass is 19.1. The lowest BCUT2D eigenvalue weighted by Crippen LogP contribution is -2.54. The average molecular weight is 549 g/mol. The number of carbonyl (C=O) groups is 2. The van der Waals surface area contributed by atoms with Crippen LogP contribution in [0.3, 0.4) is 0 Å². The van der Waals surface area contributed by atoms with E-state index in [9.17, 15) is 18.8 Å². The molecule has 4 rings (SSSR count). The molecular formula is C32H41FN4O3. The second kappa shape index (κ2) is 11.5. The van der Waals surface area contributed by atoms with E-state index in [1.54, 1.807) is 24.3 Å². The third-order valence-corrected chi connectivity index (χ3v) is 8.94. The third-order valence-electron chi connectivity index (χ3n) is 8.94. The van der Waals surface area contributed by atoms with Gasteiger partial charge in [-0.2, -0.15) is 5.10 Å². The number of aromatic nitrogens is 2. The van der Waals surface area contributed by atoms with Crippen molar-refractivity contribution in [1.29, 1.82) is 0 Å². The van der Waals surface area contributed by atoms with Crippen molar-refractivity contribution in [2.75, 3.05) is 6.54 Å². The van der Waals surface area contributed by atoms with Crippen LogP contribution in [0.5, 0.6) is 0 Å². The Hall–Kier alpha value is -3.55. The topological polar surface area (TPSA) is 95.2 Å². The highest BCUT2D eigenvalue weighted by Gasteiger charge is 2.49. The predicted octanol–water partition coefficient (Wildman–Crippen LogP) is 5.32. The van der Waals surface area contributed by atoms with Crippen LogP contribution in [-0.2, 0) is 11.2 Å². The average Bonchev–Trinajstić information content (AvgIpc) is 3.38. The minimum absolute atomic E-state index is 0.00703. The molecule has 1 fully saturated rings. The normalized spacial score (nSPS) is 22.8. The minimum Gasteiger partial charge on any atom is -0.343 e. The van der Waals surface area contributed by atoms with Crippen molar-refractivity contribution in [3.05, 3.63) is 86.6 Å². The summed E-state index contributed by atoms with van der Waals surface area (Å²) in [4.78, 5) is 40.9. The molecule has 3 atom stereocenters. The van der Waals surface area contributed by atoms with Gasteiger partial charge >= 0.3 is 0 Å². The number of amides is 2. The van der Waals surface area contributed by atoms with Gasteiger partial charge in [0.15, 0.2) is 0 Å². The van der Waals surface area contributed by atoms with Crippen LogP contribution in [0.2, 0.25) is 0 Å². The smallest absolute Gasteiger partial charge is 0.267 e. The molecule has 8 heteroatoms. The molecule has 1 aromatic heterocycles. The van der Waals surface area contributed by atoms with E-state index in [4.69, 9.17) is 0 Å². The van der Waals surface area contributed by atoms with Crippen molar-refractivity contribution in [1.82, 2.24) is 20.4 Å². The van der Waals surface area contributed by atoms with Gasteiger partial charge in [-0.3, -0.25) is 14.4 Å². The number of allylic oxidation sites excluding steroid dienone is 3. The Bertz CT molecular complexity index is 1410. The molecule has 0 saturated carbocycles. The third kappa shape index (κ3) is 6.11. The van der Waals surface area contributed by atoms with Crippen LogP contribution in [0.4, 0.5) is 4.39 Å². The van der Waals surface area contributed by atoms with Crippen molar-refractivity contribution < 1.29 is 14.0 Å². The van der Waals surface area contributed by atoms with Gasteiger partial charge in [-0.1, -0.05) is 39.8 Å². The highest BCUT2D eigenvalue weighted by molar-refractivity contribution is 5.96. The van der Waals surface area contributed by atoms with Crippen LogP contribution in [0.1, 0.15) is 86.1 Å². The number of aryl methyl sites for hydroxylation is 2. The second-order valence-electron chi connectivity index (χ2n) is 12.3. The summed E-state index contributed by atoms with van der Waals surface area (Å²) in [6.07, 6.45) is 8.62. The fourth-order valence-electron chi connectivity index (χ4n) is 6.17. The molecule has 214 valence electrons. The molecule has 1 unspecified atom stereocenters. The van der Waals surface area contributed by atoms with E-state index in [0.717, 1.165) is 36.1 Å². The van der Waals surface area contributed by atoms with Gasteiger partial charge in [0.1, 0.15) is 5.83 Å². The summed E-state index contributed by atoms with van der Waals surface area (Å²) in [5.74, 6) is -0.747. The summed E-state index contributed by atoms with van der Waals surface area (Å²) < 4.78 is 14.3. The molecule has 2 heterocycles. The first-order chi connectivity index (χ1) is 18.8. The van der Waals surface area contributed by atoms with E-state index in [-0.39, 0.29) is 47.2 Å². The number of halogens is 1. The maximum absolute atomic E-state index is 14.3. The molecule has 2 N–H and O–H groups in total. The lowest BCUT2D eigenvalue weighted by Gasteiger charge is -2.45. The largest absolute Gasteiger partial charge is 0.343 e. The quantitative estimate of drug-likeness (QED) is 0.467. The van der Waals surface area contributed by atoms with E-state index in [1.165, 1.54) is 6.08 Å². The van der Waals surface area contributed by atoms with Gasteiger partial charge in [-0.15, -0.1) is 0 Å². The molecular weight excluding hydrogens is 507 g/mol. The SMILES string of the molecule is CCC(C)(C)[C@H]1CC[C@@H](C2(C)C=C(F)C=CC2)N1C(=O)CNC(=O)c1ccc(Cc2cc(C)n[nH]c2=O)c(C)c1. The van der Waals surface area contributed by atoms with Gasteiger partial charge in [0, 0.05) is 35.0 Å². The summed E-state index contributed by atoms with van der Waals surface area (Å²) in [6.45, 7) is 12.1. The molecule has 7 nitrogen and oxygen atoms in total. The number of carbonyl (C=O) groups excluding carboxylic acids is 2. The summed E-state index contributed by atoms with van der Waals surface area (Å²) in [7, 11) is 0. The van der Waals surface area contributed by atoms with Crippen LogP contribution < -0.4 is 10.9 Å². The molecule has 1 aliphatic heterocycles. The molecule has 1 aliphatic carbocycles. The van der Waals surface area contributed by atoms with Crippen LogP contribution in [-0.4, -0.2) is 45.5 Å². The molecule has 1 saturated heterocycles. The van der Waals surface area contributed by atoms with Gasteiger partial charge in [0.05, 0.1) is 12.2 Å². The number of aromatic amines is 1. The Kier molecular flexibility index (Phi) is 8.47. The van der Waals surface area contributed by atoms with Gasteiger partial charge in [0.2, 0.25) is 5.91 Å². The molecule has 0 radical (unpaired) electrons. The van der Waals surface area contributed by atoms with Crippen LogP contribution in [0, 0.1) is 24.7 Å². The first kappa shape index (κ1) is 29.4. The Morgan fingerprint density at radius 1 is 1.20 bits per heavy atom. The van der Waals surface area contributed by atoms with E-state index < -0.39 is 5.41 Å². The van der Waals surface area contributed by atoms with Crippen LogP contribution in [0.25, 0.3) is 0 Å². The zero-order chi connectivity index (χ0) is 29.2. The molecule has 0 bridgehead atoms. The monoisotopic (exact) mass is 548 g/mol. The summed E-state index contributed by atoms with van der Waals surface area (Å²) in [5, 5.41) is 9.25. The Morgan fingerprint density at radius 2 is 1.95 bits per heavy atom. The summed E-state index contributed by atoms with van der Waals surface area (Å²) in [6, 6.07) is 6.96. The fourth-order valence-corrected chi connectivity index (χ4v) is 6.17. The van der Waals surface area contributed by atoms with Gasteiger partial charge < -0.3 is 10.2 Å². The van der Waals surface area contributed by atoms with Crippen molar-refractivity contribution in [2.24, 2.45) is 10.8 Å². The second-order valence-corrected chi connectivity index (χ2v) is 12.3. The maximum atomic E-state index is 14.3. The number of H-pyrrole nitrogens is 1. The summed E-state index contributed by atoms with van der Waals surface area (Å²) >= 11 is 0. The first-order valence-corrected chi connectivity index (χ1v) is 14.1. The number of likely N-dealkylation sites (tertiary alicyclic amines) is 1. The van der Waals surface area contributed by atoms with Crippen molar-refractivity contribution in [2.45, 2.75) is 85.7 Å². The maximum Gasteiger partial charge on any atom is 0.267 e. The Labute approximate surface area is 235 Å². The van der Waals surface area contributed by atoms with Crippen molar-refractivity contribution >= 4 is 11.8 Å². The molecule has 1 aromatic carbocycles. The van der Waals surface area contributed by atoms with E-state index >= 15 is 0 Å². The Morgan fingerprint density at radius 3 is 2.62 bits per heavy atom. The molecule has 0 spiro atoms. The van der Waals surface area contributed by atoms with Crippen LogP contribution in [0.15, 0.2) is 53.1 Å². The zero-order valence-electron chi connectivity index (χ0n) is 24.4. The number of rotatable bonds is 8. The minimum atomic E-state index is -0.501. The number of nitrogens with one attached hydrogen (secondary N) is 2. The molecule has 40 heavy (non-hydrogen) atoms.